The van der Waals surface area contributed by atoms with Gasteiger partial charge in [-0.25, -0.2) is 0 Å². The minimum Gasteiger partial charge on any atom is -0.385 e. The van der Waals surface area contributed by atoms with Gasteiger partial charge < -0.3 is 5.32 Å². The van der Waals surface area contributed by atoms with Crippen LogP contribution < -0.4 is 5.32 Å². The highest BCUT2D eigenvalue weighted by Crippen LogP contribution is 2.23. The van der Waals surface area contributed by atoms with Gasteiger partial charge in [-0.15, -0.1) is 0 Å². The second-order valence-corrected chi connectivity index (χ2v) is 6.76. The van der Waals surface area contributed by atoms with Crippen molar-refractivity contribution in [1.82, 2.24) is 0 Å². The third-order valence-electron chi connectivity index (χ3n) is 3.10. The van der Waals surface area contributed by atoms with Gasteiger partial charge in [-0.1, -0.05) is 43.6 Å². The van der Waals surface area contributed by atoms with Crippen LogP contribution in [0.3, 0.4) is 0 Å². The molecule has 0 aromatic heterocycles. The fourth-order valence-corrected chi connectivity index (χ4v) is 2.29. The number of aryl methyl sites for hydroxylation is 1. The van der Waals surface area contributed by atoms with E-state index in [2.05, 4.69) is 67.1 Å². The molecule has 102 valence electrons. The molecule has 0 saturated carbocycles. The van der Waals surface area contributed by atoms with Crippen molar-refractivity contribution in [3.63, 3.8) is 0 Å². The maximum atomic E-state index is 3.57. The van der Waals surface area contributed by atoms with Crippen LogP contribution >= 0.6 is 15.9 Å². The summed E-state index contributed by atoms with van der Waals surface area (Å²) in [5.74, 6) is 1.51. The molecule has 0 spiro atoms. The van der Waals surface area contributed by atoms with E-state index < -0.39 is 0 Å². The molecular weight excluding hydrogens is 286 g/mol. The quantitative estimate of drug-likeness (QED) is 0.701. The molecule has 1 aromatic rings. The van der Waals surface area contributed by atoms with Gasteiger partial charge in [0.05, 0.1) is 0 Å². The summed E-state index contributed by atoms with van der Waals surface area (Å²) in [6.45, 7) is 10.2. The highest BCUT2D eigenvalue weighted by molar-refractivity contribution is 9.10. The topological polar surface area (TPSA) is 12.0 Å². The molecule has 0 amide bonds. The zero-order chi connectivity index (χ0) is 13.5. The normalized spacial score (nSPS) is 11.3. The lowest BCUT2D eigenvalue weighted by Crippen LogP contribution is -2.07. The van der Waals surface area contributed by atoms with Crippen molar-refractivity contribution in [2.75, 3.05) is 11.9 Å². The van der Waals surface area contributed by atoms with Gasteiger partial charge in [0.15, 0.2) is 0 Å². The molecule has 0 aliphatic carbocycles. The van der Waals surface area contributed by atoms with Crippen LogP contribution in [0.5, 0.6) is 0 Å². The molecule has 0 saturated heterocycles. The fourth-order valence-electron chi connectivity index (χ4n) is 1.88. The number of hydrogen-bond acceptors (Lipinski definition) is 1. The summed E-state index contributed by atoms with van der Waals surface area (Å²) in [4.78, 5) is 0. The van der Waals surface area contributed by atoms with Gasteiger partial charge in [-0.2, -0.15) is 0 Å². The number of benzene rings is 1. The van der Waals surface area contributed by atoms with Crippen LogP contribution in [-0.4, -0.2) is 6.54 Å². The molecule has 0 aliphatic heterocycles. The summed E-state index contributed by atoms with van der Waals surface area (Å²) in [6.07, 6.45) is 3.62. The van der Waals surface area contributed by atoms with Crippen LogP contribution in [0, 0.1) is 11.8 Å². The molecular formula is C16H26BrN. The first kappa shape index (κ1) is 15.6. The SMILES string of the molecule is CC(C)CCNc1ccc(Br)cc1CCC(C)C. The van der Waals surface area contributed by atoms with Crippen molar-refractivity contribution in [2.24, 2.45) is 11.8 Å². The average Bonchev–Trinajstić information content (AvgIpc) is 2.28. The third-order valence-corrected chi connectivity index (χ3v) is 3.59. The largest absolute Gasteiger partial charge is 0.385 e. The summed E-state index contributed by atoms with van der Waals surface area (Å²) in [5.41, 5.74) is 2.74. The van der Waals surface area contributed by atoms with Crippen LogP contribution in [0.25, 0.3) is 0 Å². The molecule has 1 aromatic carbocycles. The number of hydrogen-bond donors (Lipinski definition) is 1. The van der Waals surface area contributed by atoms with E-state index in [9.17, 15) is 0 Å². The Kier molecular flexibility index (Phi) is 6.77. The van der Waals surface area contributed by atoms with Gasteiger partial charge in [-0.3, -0.25) is 0 Å². The molecule has 0 unspecified atom stereocenters. The second kappa shape index (κ2) is 7.83. The lowest BCUT2D eigenvalue weighted by molar-refractivity contribution is 0.586. The van der Waals surface area contributed by atoms with Crippen molar-refractivity contribution < 1.29 is 0 Å². The first-order chi connectivity index (χ1) is 8.49. The van der Waals surface area contributed by atoms with Gasteiger partial charge in [0.1, 0.15) is 0 Å². The van der Waals surface area contributed by atoms with Gasteiger partial charge in [0.25, 0.3) is 0 Å². The fraction of sp³-hybridized carbons (Fsp3) is 0.625. The van der Waals surface area contributed by atoms with Crippen molar-refractivity contribution in [2.45, 2.75) is 47.0 Å². The Morgan fingerprint density at radius 3 is 2.33 bits per heavy atom. The molecule has 1 N–H and O–H groups in total. The summed E-state index contributed by atoms with van der Waals surface area (Å²) in [5, 5.41) is 3.57. The van der Waals surface area contributed by atoms with Gasteiger partial charge in [0, 0.05) is 16.7 Å². The van der Waals surface area contributed by atoms with E-state index in [0.717, 1.165) is 24.8 Å². The molecule has 1 rings (SSSR count). The lowest BCUT2D eigenvalue weighted by Gasteiger charge is -2.14. The maximum Gasteiger partial charge on any atom is 0.0373 e. The minimum atomic E-state index is 0.757. The maximum absolute atomic E-state index is 3.57. The zero-order valence-corrected chi connectivity index (χ0v) is 13.7. The molecule has 0 fully saturated rings. The van der Waals surface area contributed by atoms with E-state index in [4.69, 9.17) is 0 Å². The lowest BCUT2D eigenvalue weighted by atomic mass is 10.0. The number of rotatable bonds is 7. The summed E-state index contributed by atoms with van der Waals surface area (Å²) in [7, 11) is 0. The standard InChI is InChI=1S/C16H26BrN/c1-12(2)5-6-14-11-15(17)7-8-16(14)18-10-9-13(3)4/h7-8,11-13,18H,5-6,9-10H2,1-4H3. The monoisotopic (exact) mass is 311 g/mol. The van der Waals surface area contributed by atoms with E-state index in [1.165, 1.54) is 28.6 Å². The second-order valence-electron chi connectivity index (χ2n) is 5.84. The highest BCUT2D eigenvalue weighted by Gasteiger charge is 2.05. The van der Waals surface area contributed by atoms with Crippen LogP contribution in [0.2, 0.25) is 0 Å². The Balaban J connectivity index is 2.64. The number of anilines is 1. The van der Waals surface area contributed by atoms with E-state index in [1.807, 2.05) is 0 Å². The molecule has 0 radical (unpaired) electrons. The van der Waals surface area contributed by atoms with E-state index in [1.54, 1.807) is 0 Å². The van der Waals surface area contributed by atoms with Crippen molar-refractivity contribution in [3.05, 3.63) is 28.2 Å². The van der Waals surface area contributed by atoms with E-state index in [-0.39, 0.29) is 0 Å². The van der Waals surface area contributed by atoms with Gasteiger partial charge >= 0.3 is 0 Å². The predicted molar refractivity (Wildman–Crippen MR) is 85.2 cm³/mol. The van der Waals surface area contributed by atoms with Gasteiger partial charge in [0.2, 0.25) is 0 Å². The van der Waals surface area contributed by atoms with Crippen LogP contribution in [0.1, 0.15) is 46.1 Å². The van der Waals surface area contributed by atoms with Crippen molar-refractivity contribution in [1.29, 1.82) is 0 Å². The Hall–Kier alpha value is -0.500. The first-order valence-corrected chi connectivity index (χ1v) is 7.80. The molecule has 0 atom stereocenters. The first-order valence-electron chi connectivity index (χ1n) is 7.01. The van der Waals surface area contributed by atoms with Gasteiger partial charge in [-0.05, 0) is 54.9 Å². The summed E-state index contributed by atoms with van der Waals surface area (Å²) >= 11 is 3.57. The van der Waals surface area contributed by atoms with E-state index in [0.29, 0.717) is 0 Å². The van der Waals surface area contributed by atoms with Crippen LogP contribution in [0.15, 0.2) is 22.7 Å². The number of halogens is 1. The summed E-state index contributed by atoms with van der Waals surface area (Å²) < 4.78 is 1.18. The zero-order valence-electron chi connectivity index (χ0n) is 12.1. The van der Waals surface area contributed by atoms with E-state index >= 15 is 0 Å². The number of nitrogens with one attached hydrogen (secondary N) is 1. The van der Waals surface area contributed by atoms with Crippen molar-refractivity contribution in [3.8, 4) is 0 Å². The Morgan fingerprint density at radius 1 is 1.06 bits per heavy atom. The molecule has 0 heterocycles. The minimum absolute atomic E-state index is 0.757. The Labute approximate surface area is 120 Å². The smallest absolute Gasteiger partial charge is 0.0373 e. The third kappa shape index (κ3) is 5.90. The Morgan fingerprint density at radius 2 is 1.72 bits per heavy atom. The molecule has 0 bridgehead atoms. The summed E-state index contributed by atoms with van der Waals surface area (Å²) in [6, 6.07) is 6.57. The highest BCUT2D eigenvalue weighted by atomic mass is 79.9. The van der Waals surface area contributed by atoms with Crippen LogP contribution in [0.4, 0.5) is 5.69 Å². The van der Waals surface area contributed by atoms with Crippen molar-refractivity contribution >= 4 is 21.6 Å². The molecule has 0 aliphatic rings. The molecule has 2 heteroatoms. The Bertz CT molecular complexity index is 358. The molecule has 18 heavy (non-hydrogen) atoms. The van der Waals surface area contributed by atoms with Crippen LogP contribution in [-0.2, 0) is 6.42 Å². The predicted octanol–water partition coefficient (Wildman–Crippen LogP) is 5.50. The average molecular weight is 312 g/mol. The molecule has 1 nitrogen and oxygen atoms in total.